The number of hydrogen-bond acceptors (Lipinski definition) is 4. The molecule has 21 heavy (non-hydrogen) atoms. The van der Waals surface area contributed by atoms with E-state index < -0.39 is 15.8 Å². The molecule has 0 amide bonds. The first kappa shape index (κ1) is 14.3. The second-order valence-electron chi connectivity index (χ2n) is 5.72. The smallest absolute Gasteiger partial charge is 0.408 e. The highest BCUT2D eigenvalue weighted by atomic mass is 32.2. The van der Waals surface area contributed by atoms with Crippen LogP contribution in [-0.2, 0) is 17.1 Å². The van der Waals surface area contributed by atoms with Crippen molar-refractivity contribution in [1.82, 2.24) is 8.87 Å². The van der Waals surface area contributed by atoms with Crippen LogP contribution in [0.4, 0.5) is 0 Å². The van der Waals surface area contributed by atoms with Crippen LogP contribution in [0.15, 0.2) is 32.3 Å². The molecule has 1 fully saturated rings. The molecular formula is C14H18N2O4S. The van der Waals surface area contributed by atoms with Gasteiger partial charge >= 0.3 is 5.76 Å². The van der Waals surface area contributed by atoms with E-state index >= 15 is 0 Å². The zero-order valence-corrected chi connectivity index (χ0v) is 13.1. The van der Waals surface area contributed by atoms with E-state index in [1.54, 1.807) is 17.4 Å². The van der Waals surface area contributed by atoms with Crippen molar-refractivity contribution in [2.45, 2.75) is 43.7 Å². The molecule has 1 aromatic carbocycles. The van der Waals surface area contributed by atoms with Crippen LogP contribution in [0, 0.1) is 0 Å². The van der Waals surface area contributed by atoms with Gasteiger partial charge in [-0.15, -0.1) is 0 Å². The van der Waals surface area contributed by atoms with Crippen molar-refractivity contribution in [2.24, 2.45) is 7.05 Å². The van der Waals surface area contributed by atoms with Gasteiger partial charge in [0.25, 0.3) is 0 Å². The van der Waals surface area contributed by atoms with Crippen LogP contribution < -0.4 is 5.76 Å². The number of nitrogens with zero attached hydrogens (tertiary/aromatic N) is 2. The summed E-state index contributed by atoms with van der Waals surface area (Å²) < 4.78 is 33.6. The standard InChI is InChI=1S/C14H18N2O4S/c1-9(2)16(10-4-5-10)21(18,19)11-6-7-12-13(8-11)20-14(17)15(12)3/h6-10H,4-5H2,1-3H3. The van der Waals surface area contributed by atoms with Gasteiger partial charge in [-0.3, -0.25) is 4.57 Å². The summed E-state index contributed by atoms with van der Waals surface area (Å²) >= 11 is 0. The zero-order chi connectivity index (χ0) is 15.4. The van der Waals surface area contributed by atoms with E-state index in [1.165, 1.54) is 16.7 Å². The van der Waals surface area contributed by atoms with Crippen LogP contribution in [0.25, 0.3) is 11.1 Å². The highest BCUT2D eigenvalue weighted by Gasteiger charge is 2.39. The van der Waals surface area contributed by atoms with Crippen LogP contribution >= 0.6 is 0 Å². The first-order valence-electron chi connectivity index (χ1n) is 6.95. The average Bonchev–Trinajstić information content (AvgIpc) is 3.16. The quantitative estimate of drug-likeness (QED) is 0.861. The largest absolute Gasteiger partial charge is 0.419 e. The van der Waals surface area contributed by atoms with Crippen molar-refractivity contribution in [1.29, 1.82) is 0 Å². The van der Waals surface area contributed by atoms with Gasteiger partial charge in [-0.25, -0.2) is 13.2 Å². The van der Waals surface area contributed by atoms with Crippen LogP contribution in [0.5, 0.6) is 0 Å². The lowest BCUT2D eigenvalue weighted by molar-refractivity contribution is 0.346. The third-order valence-electron chi connectivity index (χ3n) is 3.75. The Morgan fingerprint density at radius 2 is 2.00 bits per heavy atom. The first-order valence-corrected chi connectivity index (χ1v) is 8.39. The van der Waals surface area contributed by atoms with Gasteiger partial charge in [0.1, 0.15) is 0 Å². The molecular weight excluding hydrogens is 292 g/mol. The zero-order valence-electron chi connectivity index (χ0n) is 12.2. The van der Waals surface area contributed by atoms with E-state index in [0.717, 1.165) is 12.8 Å². The van der Waals surface area contributed by atoms with Crippen LogP contribution in [0.2, 0.25) is 0 Å². The van der Waals surface area contributed by atoms with Crippen LogP contribution in [-0.4, -0.2) is 29.4 Å². The summed E-state index contributed by atoms with van der Waals surface area (Å²) in [5.41, 5.74) is 0.879. The lowest BCUT2D eigenvalue weighted by Crippen LogP contribution is -2.38. The van der Waals surface area contributed by atoms with E-state index in [9.17, 15) is 13.2 Å². The Morgan fingerprint density at radius 3 is 2.57 bits per heavy atom. The molecule has 7 heteroatoms. The Labute approximate surface area is 123 Å². The van der Waals surface area contributed by atoms with Crippen LogP contribution in [0.1, 0.15) is 26.7 Å². The maximum absolute atomic E-state index is 12.8. The van der Waals surface area contributed by atoms with Crippen molar-refractivity contribution < 1.29 is 12.8 Å². The lowest BCUT2D eigenvalue weighted by Gasteiger charge is -2.25. The topological polar surface area (TPSA) is 72.5 Å². The molecule has 1 aliphatic carbocycles. The number of hydrogen-bond donors (Lipinski definition) is 0. The van der Waals surface area contributed by atoms with E-state index in [0.29, 0.717) is 11.1 Å². The molecule has 6 nitrogen and oxygen atoms in total. The molecule has 0 saturated heterocycles. The Hall–Kier alpha value is -1.60. The molecule has 0 aliphatic heterocycles. The fourth-order valence-corrected chi connectivity index (χ4v) is 4.52. The van der Waals surface area contributed by atoms with Gasteiger partial charge < -0.3 is 4.42 Å². The van der Waals surface area contributed by atoms with Gasteiger partial charge in [0, 0.05) is 25.2 Å². The van der Waals surface area contributed by atoms with Crippen molar-refractivity contribution in [3.8, 4) is 0 Å². The van der Waals surface area contributed by atoms with Crippen LogP contribution in [0.3, 0.4) is 0 Å². The minimum Gasteiger partial charge on any atom is -0.408 e. The first-order chi connectivity index (χ1) is 9.82. The summed E-state index contributed by atoms with van der Waals surface area (Å²) in [6, 6.07) is 4.57. The Kier molecular flexibility index (Phi) is 3.22. The lowest BCUT2D eigenvalue weighted by atomic mass is 10.3. The van der Waals surface area contributed by atoms with Crippen molar-refractivity contribution in [3.05, 3.63) is 28.7 Å². The molecule has 3 rings (SSSR count). The SMILES string of the molecule is CC(C)N(C1CC1)S(=O)(=O)c1ccc2c(c1)oc(=O)n2C. The number of sulfonamides is 1. The monoisotopic (exact) mass is 310 g/mol. The fourth-order valence-electron chi connectivity index (χ4n) is 2.62. The minimum atomic E-state index is -3.57. The molecule has 0 unspecified atom stereocenters. The fraction of sp³-hybridized carbons (Fsp3) is 0.500. The molecule has 114 valence electrons. The summed E-state index contributed by atoms with van der Waals surface area (Å²) in [5, 5.41) is 0. The van der Waals surface area contributed by atoms with Gasteiger partial charge in [0.15, 0.2) is 5.58 Å². The second-order valence-corrected chi connectivity index (χ2v) is 7.56. The predicted octanol–water partition coefficient (Wildman–Crippen LogP) is 1.69. The molecule has 2 aromatic rings. The summed E-state index contributed by atoms with van der Waals surface area (Å²) in [5.74, 6) is -0.498. The van der Waals surface area contributed by atoms with Gasteiger partial charge in [-0.05, 0) is 38.8 Å². The number of rotatable bonds is 4. The van der Waals surface area contributed by atoms with Gasteiger partial charge in [0.2, 0.25) is 10.0 Å². The Balaban J connectivity index is 2.12. The van der Waals surface area contributed by atoms with E-state index in [-0.39, 0.29) is 17.0 Å². The number of fused-ring (bicyclic) bond motifs is 1. The van der Waals surface area contributed by atoms with Gasteiger partial charge in [-0.1, -0.05) is 0 Å². The second kappa shape index (κ2) is 4.71. The van der Waals surface area contributed by atoms with Crippen molar-refractivity contribution >= 4 is 21.1 Å². The van der Waals surface area contributed by atoms with Gasteiger partial charge in [-0.2, -0.15) is 4.31 Å². The minimum absolute atomic E-state index is 0.0912. The molecule has 1 aromatic heterocycles. The summed E-state index contributed by atoms with van der Waals surface area (Å²) in [6.07, 6.45) is 1.81. The maximum atomic E-state index is 12.8. The normalized spacial score (nSPS) is 16.2. The molecule has 0 atom stereocenters. The van der Waals surface area contributed by atoms with Crippen molar-refractivity contribution in [3.63, 3.8) is 0 Å². The third-order valence-corrected chi connectivity index (χ3v) is 5.88. The summed E-state index contributed by atoms with van der Waals surface area (Å²) in [7, 11) is -1.98. The van der Waals surface area contributed by atoms with Gasteiger partial charge in [0.05, 0.1) is 10.4 Å². The Bertz CT molecular complexity index is 841. The Morgan fingerprint density at radius 1 is 1.33 bits per heavy atom. The van der Waals surface area contributed by atoms with Crippen molar-refractivity contribution in [2.75, 3.05) is 0 Å². The van der Waals surface area contributed by atoms with E-state index in [2.05, 4.69) is 0 Å². The molecule has 1 saturated carbocycles. The summed E-state index contributed by atoms with van der Waals surface area (Å²) in [6.45, 7) is 3.74. The number of aromatic nitrogens is 1. The van der Waals surface area contributed by atoms with E-state index in [4.69, 9.17) is 4.42 Å². The number of oxazole rings is 1. The average molecular weight is 310 g/mol. The predicted molar refractivity (Wildman–Crippen MR) is 78.6 cm³/mol. The maximum Gasteiger partial charge on any atom is 0.419 e. The highest BCUT2D eigenvalue weighted by molar-refractivity contribution is 7.89. The molecule has 0 bridgehead atoms. The third kappa shape index (κ3) is 2.30. The number of benzene rings is 1. The molecule has 0 radical (unpaired) electrons. The molecule has 0 N–H and O–H groups in total. The number of aryl methyl sites for hydroxylation is 1. The molecule has 0 spiro atoms. The van der Waals surface area contributed by atoms with E-state index in [1.807, 2.05) is 13.8 Å². The molecule has 1 aliphatic rings. The molecule has 1 heterocycles. The highest BCUT2D eigenvalue weighted by Crippen LogP contribution is 2.34. The summed E-state index contributed by atoms with van der Waals surface area (Å²) in [4.78, 5) is 11.7.